The third-order valence-corrected chi connectivity index (χ3v) is 5.71. The molecule has 1 spiro atoms. The zero-order chi connectivity index (χ0) is 18.6. The van der Waals surface area contributed by atoms with Crippen molar-refractivity contribution in [1.29, 1.82) is 0 Å². The molecule has 26 heavy (non-hydrogen) atoms. The van der Waals surface area contributed by atoms with Crippen molar-refractivity contribution < 1.29 is 14.7 Å². The first-order chi connectivity index (χ1) is 12.5. The van der Waals surface area contributed by atoms with Crippen molar-refractivity contribution in [3.63, 3.8) is 0 Å². The molecule has 1 unspecified atom stereocenters. The molecule has 2 N–H and O–H groups in total. The maximum atomic E-state index is 13.1. The number of nitrogens with one attached hydrogen (secondary N) is 1. The van der Waals surface area contributed by atoms with Crippen LogP contribution in [-0.4, -0.2) is 40.0 Å². The topological polar surface area (TPSA) is 69.6 Å². The van der Waals surface area contributed by atoms with Crippen LogP contribution in [0.4, 0.5) is 0 Å². The molecular weight excluding hydrogens is 328 g/mol. The standard InChI is InChI=1S/C21H28N2O3/c1-2-19(25)22-14-16-7-9-17(10-8-16)20(26)23-15-18(24)13-21(23)11-5-3-4-6-12-21/h2,7-10,18,24H,1,3-6,11-15H2,(H,22,25). The highest BCUT2D eigenvalue weighted by Gasteiger charge is 2.47. The number of aliphatic hydroxyl groups excluding tert-OH is 1. The molecule has 1 saturated carbocycles. The van der Waals surface area contributed by atoms with Crippen LogP contribution in [0.15, 0.2) is 36.9 Å². The second-order valence-electron chi connectivity index (χ2n) is 7.53. The lowest BCUT2D eigenvalue weighted by atomic mass is 9.86. The summed E-state index contributed by atoms with van der Waals surface area (Å²) < 4.78 is 0. The van der Waals surface area contributed by atoms with E-state index in [2.05, 4.69) is 11.9 Å². The van der Waals surface area contributed by atoms with E-state index in [0.717, 1.165) is 31.2 Å². The Morgan fingerprint density at radius 3 is 2.46 bits per heavy atom. The van der Waals surface area contributed by atoms with Crippen LogP contribution < -0.4 is 5.32 Å². The molecule has 1 aromatic rings. The molecule has 2 amide bonds. The maximum Gasteiger partial charge on any atom is 0.254 e. The fourth-order valence-corrected chi connectivity index (χ4v) is 4.36. The predicted octanol–water partition coefficient (Wildman–Crippen LogP) is 2.79. The number of β-amino-alcohol motifs (C(OH)–C–C–N with tert-alkyl or cyclic N) is 1. The number of carbonyl (C=O) groups excluding carboxylic acids is 2. The lowest BCUT2D eigenvalue weighted by Gasteiger charge is -2.38. The van der Waals surface area contributed by atoms with E-state index in [9.17, 15) is 14.7 Å². The number of hydrogen-bond acceptors (Lipinski definition) is 3. The van der Waals surface area contributed by atoms with E-state index in [0.29, 0.717) is 25.1 Å². The molecule has 2 fully saturated rings. The molecule has 2 aliphatic rings. The summed E-state index contributed by atoms with van der Waals surface area (Å²) in [5.41, 5.74) is 1.40. The van der Waals surface area contributed by atoms with Crippen molar-refractivity contribution in [3.8, 4) is 0 Å². The first-order valence-corrected chi connectivity index (χ1v) is 9.53. The van der Waals surface area contributed by atoms with Crippen molar-refractivity contribution in [2.45, 2.75) is 63.1 Å². The third kappa shape index (κ3) is 3.98. The van der Waals surface area contributed by atoms with Gasteiger partial charge in [0.15, 0.2) is 0 Å². The number of benzene rings is 1. The predicted molar refractivity (Wildman–Crippen MR) is 101 cm³/mol. The Kier molecular flexibility index (Phi) is 5.77. The van der Waals surface area contributed by atoms with E-state index in [-0.39, 0.29) is 17.4 Å². The highest BCUT2D eigenvalue weighted by molar-refractivity contribution is 5.95. The van der Waals surface area contributed by atoms with E-state index < -0.39 is 6.10 Å². The number of likely N-dealkylation sites (tertiary alicyclic amines) is 1. The van der Waals surface area contributed by atoms with Crippen molar-refractivity contribution in [2.24, 2.45) is 0 Å². The SMILES string of the molecule is C=CC(=O)NCc1ccc(C(=O)N2CC(O)CC23CCCCCC3)cc1. The minimum absolute atomic E-state index is 0.00475. The average Bonchev–Trinajstić information content (AvgIpc) is 2.81. The molecule has 5 nitrogen and oxygen atoms in total. The first kappa shape index (κ1) is 18.6. The fourth-order valence-electron chi connectivity index (χ4n) is 4.36. The first-order valence-electron chi connectivity index (χ1n) is 9.53. The molecular formula is C21H28N2O3. The Morgan fingerprint density at radius 2 is 1.85 bits per heavy atom. The number of rotatable bonds is 4. The van der Waals surface area contributed by atoms with E-state index in [1.807, 2.05) is 29.2 Å². The van der Waals surface area contributed by atoms with Gasteiger partial charge >= 0.3 is 0 Å². The number of aliphatic hydroxyl groups is 1. The lowest BCUT2D eigenvalue weighted by molar-refractivity contribution is -0.116. The summed E-state index contributed by atoms with van der Waals surface area (Å²) in [4.78, 5) is 26.3. The minimum Gasteiger partial charge on any atom is -0.391 e. The summed E-state index contributed by atoms with van der Waals surface area (Å²) in [5, 5.41) is 13.0. The highest BCUT2D eigenvalue weighted by atomic mass is 16.3. The van der Waals surface area contributed by atoms with Crippen molar-refractivity contribution in [1.82, 2.24) is 10.2 Å². The molecule has 1 heterocycles. The van der Waals surface area contributed by atoms with Gasteiger partial charge in [-0.05, 0) is 43.0 Å². The molecule has 1 aliphatic carbocycles. The minimum atomic E-state index is -0.426. The highest BCUT2D eigenvalue weighted by Crippen LogP contribution is 2.41. The Hall–Kier alpha value is -2.14. The van der Waals surface area contributed by atoms with Crippen molar-refractivity contribution in [3.05, 3.63) is 48.0 Å². The fraction of sp³-hybridized carbons (Fsp3) is 0.524. The monoisotopic (exact) mass is 356 g/mol. The quantitative estimate of drug-likeness (QED) is 0.815. The second kappa shape index (κ2) is 8.04. The molecule has 1 saturated heterocycles. The Balaban J connectivity index is 1.73. The number of hydrogen-bond donors (Lipinski definition) is 2. The van der Waals surface area contributed by atoms with Gasteiger partial charge in [-0.2, -0.15) is 0 Å². The van der Waals surface area contributed by atoms with Gasteiger partial charge in [0, 0.05) is 24.2 Å². The van der Waals surface area contributed by atoms with Crippen LogP contribution in [0.5, 0.6) is 0 Å². The molecule has 1 atom stereocenters. The van der Waals surface area contributed by atoms with Crippen LogP contribution in [0.2, 0.25) is 0 Å². The van der Waals surface area contributed by atoms with Gasteiger partial charge in [-0.25, -0.2) is 0 Å². The van der Waals surface area contributed by atoms with Crippen LogP contribution >= 0.6 is 0 Å². The number of carbonyl (C=O) groups is 2. The summed E-state index contributed by atoms with van der Waals surface area (Å²) in [5.74, 6) is -0.211. The second-order valence-corrected chi connectivity index (χ2v) is 7.53. The molecule has 0 aromatic heterocycles. The van der Waals surface area contributed by atoms with Gasteiger partial charge in [0.25, 0.3) is 5.91 Å². The summed E-state index contributed by atoms with van der Waals surface area (Å²) >= 11 is 0. The summed E-state index contributed by atoms with van der Waals surface area (Å²) in [7, 11) is 0. The molecule has 3 rings (SSSR count). The zero-order valence-electron chi connectivity index (χ0n) is 15.2. The van der Waals surface area contributed by atoms with Crippen molar-refractivity contribution >= 4 is 11.8 Å². The normalized spacial score (nSPS) is 22.0. The molecule has 5 heteroatoms. The lowest BCUT2D eigenvalue weighted by Crippen LogP contribution is -2.47. The Bertz CT molecular complexity index is 660. The van der Waals surface area contributed by atoms with Crippen molar-refractivity contribution in [2.75, 3.05) is 6.54 Å². The zero-order valence-corrected chi connectivity index (χ0v) is 15.2. The van der Waals surface area contributed by atoms with E-state index >= 15 is 0 Å². The smallest absolute Gasteiger partial charge is 0.254 e. The van der Waals surface area contributed by atoms with Crippen LogP contribution in [0, 0.1) is 0 Å². The molecule has 1 aromatic carbocycles. The molecule has 1 aliphatic heterocycles. The molecule has 0 radical (unpaired) electrons. The van der Waals surface area contributed by atoms with E-state index in [1.165, 1.54) is 18.9 Å². The van der Waals surface area contributed by atoms with Crippen LogP contribution in [-0.2, 0) is 11.3 Å². The number of nitrogens with zero attached hydrogens (tertiary/aromatic N) is 1. The van der Waals surface area contributed by atoms with Gasteiger partial charge in [-0.1, -0.05) is 44.4 Å². The van der Waals surface area contributed by atoms with Gasteiger partial charge in [0.2, 0.25) is 5.91 Å². The maximum absolute atomic E-state index is 13.1. The molecule has 140 valence electrons. The van der Waals surface area contributed by atoms with Gasteiger partial charge in [0.05, 0.1) is 6.10 Å². The van der Waals surface area contributed by atoms with E-state index in [4.69, 9.17) is 0 Å². The summed E-state index contributed by atoms with van der Waals surface area (Å²) in [6, 6.07) is 7.35. The average molecular weight is 356 g/mol. The van der Waals surface area contributed by atoms with Crippen LogP contribution in [0.3, 0.4) is 0 Å². The van der Waals surface area contributed by atoms with Gasteiger partial charge in [-0.3, -0.25) is 9.59 Å². The molecule has 0 bridgehead atoms. The van der Waals surface area contributed by atoms with Crippen LogP contribution in [0.1, 0.15) is 60.9 Å². The Labute approximate surface area is 155 Å². The number of amides is 2. The summed E-state index contributed by atoms with van der Waals surface area (Å²) in [6.45, 7) is 4.26. The Morgan fingerprint density at radius 1 is 1.19 bits per heavy atom. The van der Waals surface area contributed by atoms with Gasteiger partial charge in [-0.15, -0.1) is 0 Å². The third-order valence-electron chi connectivity index (χ3n) is 5.71. The van der Waals surface area contributed by atoms with E-state index in [1.54, 1.807) is 0 Å². The largest absolute Gasteiger partial charge is 0.391 e. The van der Waals surface area contributed by atoms with Crippen LogP contribution in [0.25, 0.3) is 0 Å². The van der Waals surface area contributed by atoms with Gasteiger partial charge < -0.3 is 15.3 Å². The van der Waals surface area contributed by atoms with Gasteiger partial charge in [0.1, 0.15) is 0 Å². The summed E-state index contributed by atoms with van der Waals surface area (Å²) in [6.07, 6.45) is 8.16.